The van der Waals surface area contributed by atoms with Gasteiger partial charge >= 0.3 is 0 Å². The Bertz CT molecular complexity index is 1590. The number of rotatable bonds is 10. The van der Waals surface area contributed by atoms with Gasteiger partial charge in [0.15, 0.2) is 0 Å². The minimum Gasteiger partial charge on any atom is -0.507 e. The lowest BCUT2D eigenvalue weighted by molar-refractivity contribution is -0.00734. The summed E-state index contributed by atoms with van der Waals surface area (Å²) in [5, 5.41) is 37.2. The molecule has 0 spiro atoms. The van der Waals surface area contributed by atoms with Crippen molar-refractivity contribution in [2.24, 2.45) is 0 Å². The molecular formula is C43H46N2O3. The second-order valence-corrected chi connectivity index (χ2v) is 13.7. The van der Waals surface area contributed by atoms with Crippen molar-refractivity contribution >= 4 is 0 Å². The normalized spacial score (nSPS) is 19.1. The van der Waals surface area contributed by atoms with Crippen LogP contribution in [0.1, 0.15) is 64.6 Å². The zero-order chi connectivity index (χ0) is 33.1. The third kappa shape index (κ3) is 5.97. The topological polar surface area (TPSA) is 67.2 Å². The molecule has 2 aliphatic heterocycles. The van der Waals surface area contributed by atoms with Gasteiger partial charge in [-0.05, 0) is 68.0 Å². The van der Waals surface area contributed by atoms with Gasteiger partial charge < -0.3 is 15.3 Å². The number of phenolic OH excluding ortho intramolecular Hbond substituents is 1. The van der Waals surface area contributed by atoms with E-state index in [0.29, 0.717) is 18.8 Å². The van der Waals surface area contributed by atoms with Crippen LogP contribution in [0.4, 0.5) is 0 Å². The average Bonchev–Trinajstić information content (AvgIpc) is 3.81. The van der Waals surface area contributed by atoms with Gasteiger partial charge in [0.2, 0.25) is 0 Å². The molecule has 48 heavy (non-hydrogen) atoms. The van der Waals surface area contributed by atoms with Gasteiger partial charge in [0, 0.05) is 36.3 Å². The molecule has 2 atom stereocenters. The number of phenols is 1. The summed E-state index contributed by atoms with van der Waals surface area (Å²) in [7, 11) is 0. The SMILES string of the molecule is Cc1cc(CN2CCC[C@H]2C(O)(c2ccccc2)c2ccccc2)c(O)c(CN2CCC[C@@H]2C(O)(c2ccccc2)c2ccccc2)c1. The Morgan fingerprint density at radius 1 is 0.542 bits per heavy atom. The summed E-state index contributed by atoms with van der Waals surface area (Å²) < 4.78 is 0. The standard InChI is InChI=1S/C43H46N2O3/c1-32-28-33(30-44-26-14-24-39(44)42(47,35-16-6-2-7-17-35)36-18-8-3-9-19-36)41(46)34(29-32)31-45-27-15-25-40(45)43(48,37-20-10-4-11-21-37)38-22-12-5-13-23-38/h2-13,16-23,28-29,39-40,46-48H,14-15,24-27,30-31H2,1H3/t39-,40+. The van der Waals surface area contributed by atoms with E-state index in [1.807, 2.05) is 121 Å². The maximum atomic E-state index is 12.6. The van der Waals surface area contributed by atoms with Crippen molar-refractivity contribution in [3.8, 4) is 5.75 Å². The van der Waals surface area contributed by atoms with Gasteiger partial charge in [-0.25, -0.2) is 0 Å². The highest BCUT2D eigenvalue weighted by Crippen LogP contribution is 2.43. The van der Waals surface area contributed by atoms with E-state index in [9.17, 15) is 15.3 Å². The van der Waals surface area contributed by atoms with Crippen molar-refractivity contribution < 1.29 is 15.3 Å². The molecule has 246 valence electrons. The average molecular weight is 639 g/mol. The molecular weight excluding hydrogens is 592 g/mol. The molecule has 5 aromatic carbocycles. The van der Waals surface area contributed by atoms with E-state index in [-0.39, 0.29) is 12.1 Å². The van der Waals surface area contributed by atoms with Crippen molar-refractivity contribution in [2.45, 2.75) is 69.0 Å². The third-order valence-corrected chi connectivity index (χ3v) is 10.7. The molecule has 2 saturated heterocycles. The molecule has 0 saturated carbocycles. The fourth-order valence-corrected chi connectivity index (χ4v) is 8.46. The molecule has 5 aromatic rings. The Kier molecular flexibility index (Phi) is 9.21. The fraction of sp³-hybridized carbons (Fsp3) is 0.302. The molecule has 0 aliphatic carbocycles. The smallest absolute Gasteiger partial charge is 0.130 e. The molecule has 0 unspecified atom stereocenters. The van der Waals surface area contributed by atoms with Gasteiger partial charge in [0.1, 0.15) is 17.0 Å². The van der Waals surface area contributed by atoms with Gasteiger partial charge in [-0.2, -0.15) is 0 Å². The van der Waals surface area contributed by atoms with E-state index in [0.717, 1.165) is 77.7 Å². The highest BCUT2D eigenvalue weighted by molar-refractivity contribution is 5.45. The van der Waals surface area contributed by atoms with Crippen molar-refractivity contribution in [1.82, 2.24) is 9.80 Å². The molecule has 5 nitrogen and oxygen atoms in total. The lowest BCUT2D eigenvalue weighted by atomic mass is 9.79. The molecule has 2 aliphatic rings. The van der Waals surface area contributed by atoms with Crippen LogP contribution in [0.15, 0.2) is 133 Å². The van der Waals surface area contributed by atoms with Crippen LogP contribution in [-0.4, -0.2) is 50.3 Å². The van der Waals surface area contributed by atoms with E-state index in [2.05, 4.69) is 28.9 Å². The zero-order valence-electron chi connectivity index (χ0n) is 27.7. The maximum Gasteiger partial charge on any atom is 0.130 e. The van der Waals surface area contributed by atoms with E-state index < -0.39 is 11.2 Å². The number of benzene rings is 5. The van der Waals surface area contributed by atoms with Crippen molar-refractivity contribution in [3.05, 3.63) is 172 Å². The first-order chi connectivity index (χ1) is 23.4. The van der Waals surface area contributed by atoms with Crippen molar-refractivity contribution in [2.75, 3.05) is 13.1 Å². The first-order valence-corrected chi connectivity index (χ1v) is 17.4. The Balaban J connectivity index is 1.19. The second kappa shape index (κ2) is 13.7. The van der Waals surface area contributed by atoms with Crippen LogP contribution in [0.5, 0.6) is 5.75 Å². The number of aliphatic hydroxyl groups is 2. The number of aryl methyl sites for hydroxylation is 1. The van der Waals surface area contributed by atoms with Gasteiger partial charge in [-0.15, -0.1) is 0 Å². The van der Waals surface area contributed by atoms with E-state index in [1.165, 1.54) is 0 Å². The predicted octanol–water partition coefficient (Wildman–Crippen LogP) is 7.50. The summed E-state index contributed by atoms with van der Waals surface area (Å²) in [5.41, 5.74) is 3.98. The minimum atomic E-state index is -1.19. The van der Waals surface area contributed by atoms with Crippen LogP contribution in [-0.2, 0) is 24.3 Å². The summed E-state index contributed by atoms with van der Waals surface area (Å²) >= 11 is 0. The highest BCUT2D eigenvalue weighted by atomic mass is 16.3. The van der Waals surface area contributed by atoms with Gasteiger partial charge in [-0.1, -0.05) is 139 Å². The van der Waals surface area contributed by atoms with Crippen LogP contribution in [0.3, 0.4) is 0 Å². The Hall–Kier alpha value is -4.26. The first-order valence-electron chi connectivity index (χ1n) is 17.4. The largest absolute Gasteiger partial charge is 0.507 e. The van der Waals surface area contributed by atoms with Crippen LogP contribution in [0, 0.1) is 6.92 Å². The summed E-state index contributed by atoms with van der Waals surface area (Å²) in [4.78, 5) is 4.70. The quantitative estimate of drug-likeness (QED) is 0.148. The first kappa shape index (κ1) is 32.3. The van der Waals surface area contributed by atoms with Crippen LogP contribution in [0.2, 0.25) is 0 Å². The number of nitrogens with zero attached hydrogens (tertiary/aromatic N) is 2. The Labute approximate surface area is 284 Å². The maximum absolute atomic E-state index is 12.6. The summed E-state index contributed by atoms with van der Waals surface area (Å²) in [6, 6.07) is 43.9. The van der Waals surface area contributed by atoms with Crippen LogP contribution in [0.25, 0.3) is 0 Å². The van der Waals surface area contributed by atoms with Crippen molar-refractivity contribution in [3.63, 3.8) is 0 Å². The highest BCUT2D eigenvalue weighted by Gasteiger charge is 2.47. The number of likely N-dealkylation sites (tertiary alicyclic amines) is 2. The Morgan fingerprint density at radius 2 is 0.854 bits per heavy atom. The van der Waals surface area contributed by atoms with E-state index >= 15 is 0 Å². The summed E-state index contributed by atoms with van der Waals surface area (Å²) in [6.45, 7) is 4.84. The molecule has 7 rings (SSSR count). The van der Waals surface area contributed by atoms with Gasteiger partial charge in [0.25, 0.3) is 0 Å². The third-order valence-electron chi connectivity index (χ3n) is 10.7. The molecule has 0 amide bonds. The van der Waals surface area contributed by atoms with Gasteiger partial charge in [-0.3, -0.25) is 9.80 Å². The molecule has 5 heteroatoms. The van der Waals surface area contributed by atoms with E-state index in [4.69, 9.17) is 0 Å². The predicted molar refractivity (Wildman–Crippen MR) is 191 cm³/mol. The second-order valence-electron chi connectivity index (χ2n) is 13.7. The molecule has 0 radical (unpaired) electrons. The molecule has 0 bridgehead atoms. The lowest BCUT2D eigenvalue weighted by Gasteiger charge is -2.41. The minimum absolute atomic E-state index is 0.152. The van der Waals surface area contributed by atoms with Gasteiger partial charge in [0.05, 0.1) is 0 Å². The molecule has 0 aromatic heterocycles. The fourth-order valence-electron chi connectivity index (χ4n) is 8.46. The zero-order valence-corrected chi connectivity index (χ0v) is 27.7. The number of hydrogen-bond donors (Lipinski definition) is 3. The van der Waals surface area contributed by atoms with Crippen molar-refractivity contribution in [1.29, 1.82) is 0 Å². The molecule has 2 fully saturated rings. The van der Waals surface area contributed by atoms with Crippen LogP contribution >= 0.6 is 0 Å². The van der Waals surface area contributed by atoms with E-state index in [1.54, 1.807) is 0 Å². The van der Waals surface area contributed by atoms with Crippen LogP contribution < -0.4 is 0 Å². The Morgan fingerprint density at radius 3 is 1.17 bits per heavy atom. The summed E-state index contributed by atoms with van der Waals surface area (Å²) in [6.07, 6.45) is 3.65. The number of aromatic hydroxyl groups is 1. The lowest BCUT2D eigenvalue weighted by Crippen LogP contribution is -2.48. The summed E-state index contributed by atoms with van der Waals surface area (Å²) in [5.74, 6) is 0.308. The molecule has 2 heterocycles. The number of hydrogen-bond acceptors (Lipinski definition) is 5. The monoisotopic (exact) mass is 638 g/mol. The molecule has 3 N–H and O–H groups in total.